The molecule has 0 spiro atoms. The second kappa shape index (κ2) is 4.82. The Morgan fingerprint density at radius 1 is 1.44 bits per heavy atom. The predicted octanol–water partition coefficient (Wildman–Crippen LogP) is 2.84. The van der Waals surface area contributed by atoms with E-state index in [9.17, 15) is 0 Å². The molecule has 0 aliphatic heterocycles. The van der Waals surface area contributed by atoms with Crippen LogP contribution in [0.15, 0.2) is 18.6 Å². The molecule has 0 aromatic carbocycles. The van der Waals surface area contributed by atoms with E-state index in [2.05, 4.69) is 35.4 Å². The summed E-state index contributed by atoms with van der Waals surface area (Å²) in [4.78, 5) is 5.78. The standard InChI is InChI=1S/C13H18N4S/c1-9(2)17-8-10(5-16-17)13-15-7-12(18-13)6-14-11-3-4-11/h5,7-9,11,14H,3-4,6H2,1-2H3. The molecule has 0 unspecified atom stereocenters. The molecule has 0 saturated heterocycles. The molecular weight excluding hydrogens is 244 g/mol. The van der Waals surface area contributed by atoms with Gasteiger partial charge in [-0.05, 0) is 26.7 Å². The van der Waals surface area contributed by atoms with Crippen LogP contribution in [-0.2, 0) is 6.54 Å². The fourth-order valence-electron chi connectivity index (χ4n) is 1.79. The molecule has 18 heavy (non-hydrogen) atoms. The van der Waals surface area contributed by atoms with Crippen molar-refractivity contribution < 1.29 is 0 Å². The lowest BCUT2D eigenvalue weighted by molar-refractivity contribution is 0.532. The van der Waals surface area contributed by atoms with E-state index >= 15 is 0 Å². The average Bonchev–Trinajstić information content (AvgIpc) is 2.88. The Labute approximate surface area is 111 Å². The Bertz CT molecular complexity index is 525. The summed E-state index contributed by atoms with van der Waals surface area (Å²) >= 11 is 1.75. The number of hydrogen-bond acceptors (Lipinski definition) is 4. The van der Waals surface area contributed by atoms with Gasteiger partial charge in [-0.1, -0.05) is 0 Å². The molecule has 1 fully saturated rings. The number of nitrogens with one attached hydrogen (secondary N) is 1. The molecule has 1 aliphatic rings. The first-order chi connectivity index (χ1) is 8.72. The second-order valence-electron chi connectivity index (χ2n) is 5.09. The van der Waals surface area contributed by atoms with Crippen LogP contribution in [0.5, 0.6) is 0 Å². The highest BCUT2D eigenvalue weighted by molar-refractivity contribution is 7.15. The summed E-state index contributed by atoms with van der Waals surface area (Å²) in [5, 5.41) is 8.93. The van der Waals surface area contributed by atoms with Crippen molar-refractivity contribution in [1.29, 1.82) is 0 Å². The Hall–Kier alpha value is -1.20. The van der Waals surface area contributed by atoms with Gasteiger partial charge in [0.1, 0.15) is 5.01 Å². The molecule has 0 amide bonds. The highest BCUT2D eigenvalue weighted by Crippen LogP contribution is 2.26. The first-order valence-electron chi connectivity index (χ1n) is 6.45. The van der Waals surface area contributed by atoms with Crippen LogP contribution in [0.1, 0.15) is 37.6 Å². The van der Waals surface area contributed by atoms with E-state index in [-0.39, 0.29) is 0 Å². The van der Waals surface area contributed by atoms with E-state index in [0.29, 0.717) is 6.04 Å². The molecule has 0 radical (unpaired) electrons. The van der Waals surface area contributed by atoms with Crippen LogP contribution in [-0.4, -0.2) is 20.8 Å². The van der Waals surface area contributed by atoms with E-state index < -0.39 is 0 Å². The SMILES string of the molecule is CC(C)n1cc(-c2ncc(CNC3CC3)s2)cn1. The van der Waals surface area contributed by atoms with Crippen LogP contribution < -0.4 is 5.32 Å². The van der Waals surface area contributed by atoms with Crippen LogP contribution >= 0.6 is 11.3 Å². The molecule has 5 heteroatoms. The number of nitrogens with zero attached hydrogens (tertiary/aromatic N) is 3. The van der Waals surface area contributed by atoms with E-state index in [0.717, 1.165) is 23.2 Å². The molecule has 2 aromatic heterocycles. The maximum atomic E-state index is 4.48. The van der Waals surface area contributed by atoms with Gasteiger partial charge in [0.15, 0.2) is 0 Å². The molecule has 96 valence electrons. The first kappa shape index (κ1) is 11.9. The van der Waals surface area contributed by atoms with Gasteiger partial charge in [-0.15, -0.1) is 11.3 Å². The lowest BCUT2D eigenvalue weighted by Gasteiger charge is -2.02. The van der Waals surface area contributed by atoms with Gasteiger partial charge in [0, 0.05) is 41.5 Å². The zero-order valence-corrected chi connectivity index (χ0v) is 11.6. The van der Waals surface area contributed by atoms with Gasteiger partial charge in [0.05, 0.1) is 6.20 Å². The maximum absolute atomic E-state index is 4.48. The molecule has 1 aliphatic carbocycles. The topological polar surface area (TPSA) is 42.7 Å². The fourth-order valence-corrected chi connectivity index (χ4v) is 2.62. The summed E-state index contributed by atoms with van der Waals surface area (Å²) < 4.78 is 1.97. The smallest absolute Gasteiger partial charge is 0.126 e. The van der Waals surface area contributed by atoms with Crippen molar-refractivity contribution in [3.8, 4) is 10.6 Å². The van der Waals surface area contributed by atoms with Gasteiger partial charge in [0.2, 0.25) is 0 Å². The fraction of sp³-hybridized carbons (Fsp3) is 0.538. The Morgan fingerprint density at radius 2 is 2.28 bits per heavy atom. The van der Waals surface area contributed by atoms with Gasteiger partial charge in [-0.3, -0.25) is 4.68 Å². The highest BCUT2D eigenvalue weighted by atomic mass is 32.1. The van der Waals surface area contributed by atoms with Crippen molar-refractivity contribution in [1.82, 2.24) is 20.1 Å². The van der Waals surface area contributed by atoms with Gasteiger partial charge in [-0.2, -0.15) is 5.10 Å². The molecule has 1 saturated carbocycles. The minimum absolute atomic E-state index is 0.398. The van der Waals surface area contributed by atoms with Crippen LogP contribution in [0.3, 0.4) is 0 Å². The van der Waals surface area contributed by atoms with Crippen LogP contribution in [0.2, 0.25) is 0 Å². The summed E-state index contributed by atoms with van der Waals surface area (Å²) in [5.41, 5.74) is 1.12. The zero-order valence-electron chi connectivity index (χ0n) is 10.8. The van der Waals surface area contributed by atoms with Gasteiger partial charge < -0.3 is 5.32 Å². The molecule has 0 bridgehead atoms. The van der Waals surface area contributed by atoms with Gasteiger partial charge in [0.25, 0.3) is 0 Å². The second-order valence-corrected chi connectivity index (χ2v) is 6.20. The first-order valence-corrected chi connectivity index (χ1v) is 7.26. The van der Waals surface area contributed by atoms with Crippen LogP contribution in [0.4, 0.5) is 0 Å². The number of rotatable bonds is 5. The minimum Gasteiger partial charge on any atom is -0.309 e. The van der Waals surface area contributed by atoms with Crippen molar-refractivity contribution in [2.24, 2.45) is 0 Å². The maximum Gasteiger partial charge on any atom is 0.126 e. The van der Waals surface area contributed by atoms with E-state index in [1.807, 2.05) is 17.1 Å². The highest BCUT2D eigenvalue weighted by Gasteiger charge is 2.20. The largest absolute Gasteiger partial charge is 0.309 e. The lowest BCUT2D eigenvalue weighted by Crippen LogP contribution is -2.14. The monoisotopic (exact) mass is 262 g/mol. The zero-order chi connectivity index (χ0) is 12.5. The van der Waals surface area contributed by atoms with Crippen molar-refractivity contribution in [2.45, 2.75) is 45.3 Å². The summed E-state index contributed by atoms with van der Waals surface area (Å²) in [6.45, 7) is 5.20. The minimum atomic E-state index is 0.398. The molecular formula is C13H18N4S. The summed E-state index contributed by atoms with van der Waals surface area (Å²) in [6.07, 6.45) is 8.60. The molecule has 1 N–H and O–H groups in total. The van der Waals surface area contributed by atoms with Crippen molar-refractivity contribution in [2.75, 3.05) is 0 Å². The quantitative estimate of drug-likeness (QED) is 0.901. The number of hydrogen-bond donors (Lipinski definition) is 1. The molecule has 4 nitrogen and oxygen atoms in total. The summed E-state index contributed by atoms with van der Waals surface area (Å²) in [6, 6.07) is 1.15. The van der Waals surface area contributed by atoms with E-state index in [1.54, 1.807) is 11.3 Å². The van der Waals surface area contributed by atoms with Crippen molar-refractivity contribution >= 4 is 11.3 Å². The third kappa shape index (κ3) is 2.62. The molecule has 3 rings (SSSR count). The molecule has 2 aromatic rings. The summed E-state index contributed by atoms with van der Waals surface area (Å²) in [5.74, 6) is 0. The van der Waals surface area contributed by atoms with Crippen molar-refractivity contribution in [3.63, 3.8) is 0 Å². The third-order valence-electron chi connectivity index (χ3n) is 3.07. The van der Waals surface area contributed by atoms with E-state index in [4.69, 9.17) is 0 Å². The van der Waals surface area contributed by atoms with Gasteiger partial charge >= 0.3 is 0 Å². The Kier molecular flexibility index (Phi) is 3.18. The third-order valence-corrected chi connectivity index (χ3v) is 4.12. The van der Waals surface area contributed by atoms with Crippen LogP contribution in [0.25, 0.3) is 10.6 Å². The average molecular weight is 262 g/mol. The number of thiazole rings is 1. The Morgan fingerprint density at radius 3 is 2.94 bits per heavy atom. The lowest BCUT2D eigenvalue weighted by atomic mass is 10.3. The predicted molar refractivity (Wildman–Crippen MR) is 73.6 cm³/mol. The summed E-state index contributed by atoms with van der Waals surface area (Å²) in [7, 11) is 0. The van der Waals surface area contributed by atoms with E-state index in [1.165, 1.54) is 17.7 Å². The van der Waals surface area contributed by atoms with Gasteiger partial charge in [-0.25, -0.2) is 4.98 Å². The van der Waals surface area contributed by atoms with Crippen LogP contribution in [0, 0.1) is 0 Å². The number of aromatic nitrogens is 3. The van der Waals surface area contributed by atoms with Crippen molar-refractivity contribution in [3.05, 3.63) is 23.5 Å². The Balaban J connectivity index is 1.70. The molecule has 0 atom stereocenters. The molecule has 2 heterocycles. The normalized spacial score (nSPS) is 15.5.